The Morgan fingerprint density at radius 1 is 0.333 bits per heavy atom. The van der Waals surface area contributed by atoms with Gasteiger partial charge in [0, 0.05) is 11.1 Å². The second-order valence-corrected chi connectivity index (χ2v) is 13.9. The zero-order chi connectivity index (χ0) is 40.6. The molecule has 0 bridgehead atoms. The van der Waals surface area contributed by atoms with Gasteiger partial charge < -0.3 is 0 Å². The molecule has 0 aliphatic heterocycles. The minimum atomic E-state index is 0.00867. The number of hydrogen-bond acceptors (Lipinski definition) is 3. The fourth-order valence-corrected chi connectivity index (χ4v) is 7.51. The van der Waals surface area contributed by atoms with Gasteiger partial charge in [0.1, 0.15) is 94.2 Å². The Kier molecular flexibility index (Phi) is 10.1. The van der Waals surface area contributed by atoms with Crippen LogP contribution < -0.4 is 65.6 Å². The molecule has 3 nitrogen and oxygen atoms in total. The Balaban J connectivity index is 1.19. The first-order valence-corrected chi connectivity index (χ1v) is 17.8. The zero-order valence-electron chi connectivity index (χ0n) is 30.2. The first kappa shape index (κ1) is 39.0. The van der Waals surface area contributed by atoms with Crippen molar-refractivity contribution in [2.24, 2.45) is 0 Å². The minimum Gasteiger partial charge on any atom is -0.208 e. The standard InChI is InChI=1S/C41H14B12ClN3/c42-27-23(25-26(31(46)33(27)48)32(47)37(52)36(51)30(25)45)15-8-10-16(11-9-15)39-55-40(57-41(54)56-39)18-5-3-4-17(14-18)19-12-13-22(21-7-2-1-6-20(19)21)24-28(43)34(49)38(53)35(50)29(24)44/h1-14H. The van der Waals surface area contributed by atoms with Crippen molar-refractivity contribution >= 4 is 193 Å². The van der Waals surface area contributed by atoms with E-state index in [9.17, 15) is 0 Å². The number of aromatic nitrogens is 3. The molecule has 8 aromatic rings. The largest absolute Gasteiger partial charge is 0.226 e. The number of rotatable bonds is 5. The van der Waals surface area contributed by atoms with Crippen LogP contribution in [0.15, 0.2) is 84.9 Å². The van der Waals surface area contributed by atoms with E-state index in [0.717, 1.165) is 27.5 Å². The lowest BCUT2D eigenvalue weighted by Crippen LogP contribution is -2.55. The van der Waals surface area contributed by atoms with E-state index in [1.54, 1.807) is 0 Å². The van der Waals surface area contributed by atoms with Crippen LogP contribution in [-0.4, -0.2) is 109 Å². The van der Waals surface area contributed by atoms with E-state index in [-0.39, 0.29) is 70.8 Å². The number of halogens is 1. The average Bonchev–Trinajstić information content (AvgIpc) is 3.22. The molecule has 57 heavy (non-hydrogen) atoms. The molecule has 1 aromatic heterocycles. The first-order valence-electron chi connectivity index (χ1n) is 17.4. The van der Waals surface area contributed by atoms with E-state index in [1.807, 2.05) is 84.9 Å². The van der Waals surface area contributed by atoms with Crippen LogP contribution in [-0.2, 0) is 0 Å². The predicted octanol–water partition coefficient (Wildman–Crippen LogP) is -3.31. The molecular weight excluding hydrogens is 700 g/mol. The van der Waals surface area contributed by atoms with E-state index in [2.05, 4.69) is 9.97 Å². The normalized spacial score (nSPS) is 11.4. The summed E-state index contributed by atoms with van der Waals surface area (Å²) in [6.07, 6.45) is 0. The van der Waals surface area contributed by atoms with Crippen molar-refractivity contribution in [1.29, 1.82) is 0 Å². The third kappa shape index (κ3) is 6.38. The van der Waals surface area contributed by atoms with Gasteiger partial charge in [0.2, 0.25) is 5.28 Å². The summed E-state index contributed by atoms with van der Waals surface area (Å²) in [6.45, 7) is 0. The van der Waals surface area contributed by atoms with Crippen LogP contribution in [0.25, 0.3) is 77.7 Å². The van der Waals surface area contributed by atoms with Gasteiger partial charge in [0.05, 0.1) is 0 Å². The second-order valence-electron chi connectivity index (χ2n) is 13.6. The molecule has 8 rings (SSSR count). The maximum absolute atomic E-state index is 6.54. The van der Waals surface area contributed by atoms with Crippen molar-refractivity contribution in [3.05, 3.63) is 90.2 Å². The minimum absolute atomic E-state index is 0.00867. The van der Waals surface area contributed by atoms with E-state index in [0.29, 0.717) is 50.2 Å². The van der Waals surface area contributed by atoms with Crippen LogP contribution >= 0.6 is 11.6 Å². The number of fused-ring (bicyclic) bond motifs is 2. The van der Waals surface area contributed by atoms with Crippen LogP contribution in [0, 0.1) is 0 Å². The van der Waals surface area contributed by atoms with Crippen molar-refractivity contribution < 1.29 is 0 Å². The zero-order valence-corrected chi connectivity index (χ0v) is 31.0. The average molecular weight is 714 g/mol. The Labute approximate surface area is 352 Å². The molecule has 0 spiro atoms. The molecule has 7 aromatic carbocycles. The molecule has 0 saturated heterocycles. The van der Waals surface area contributed by atoms with Crippen molar-refractivity contribution in [1.82, 2.24) is 15.0 Å². The van der Waals surface area contributed by atoms with Crippen LogP contribution in [0.5, 0.6) is 0 Å². The fourth-order valence-electron chi connectivity index (χ4n) is 7.35. The van der Waals surface area contributed by atoms with E-state index < -0.39 is 0 Å². The first-order chi connectivity index (χ1) is 27.2. The highest BCUT2D eigenvalue weighted by molar-refractivity contribution is 6.72. The van der Waals surface area contributed by atoms with E-state index >= 15 is 0 Å². The smallest absolute Gasteiger partial charge is 0.208 e. The number of hydrogen-bond donors (Lipinski definition) is 0. The Hall–Kier alpha value is -4.86. The summed E-state index contributed by atoms with van der Waals surface area (Å²) in [5.74, 6) is 0.701. The summed E-state index contributed by atoms with van der Waals surface area (Å²) in [5.41, 5.74) is 7.73. The molecule has 0 aliphatic rings. The SMILES string of the molecule is [B]c1c([B])c([B])c(-c2ccc(-c3cccc(-c4nc(Cl)nc(-c5ccc(-c6c([B])c([B])c([B])c7c([B])c([B])c([B])c([B])c67)cc5)n4)c3)c3ccccc23)c([B])c1[B]. The van der Waals surface area contributed by atoms with Gasteiger partial charge in [-0.3, -0.25) is 0 Å². The monoisotopic (exact) mass is 715 g/mol. The molecule has 0 aliphatic carbocycles. The predicted molar refractivity (Wildman–Crippen MR) is 252 cm³/mol. The summed E-state index contributed by atoms with van der Waals surface area (Å²) in [6, 6.07) is 26.9. The van der Waals surface area contributed by atoms with Gasteiger partial charge in [-0.15, -0.1) is 32.8 Å². The molecule has 24 radical (unpaired) electrons. The summed E-state index contributed by atoms with van der Waals surface area (Å²) in [4.78, 5) is 13.7. The maximum Gasteiger partial charge on any atom is 0.226 e. The highest BCUT2D eigenvalue weighted by atomic mass is 35.5. The lowest BCUT2D eigenvalue weighted by Gasteiger charge is -2.25. The Morgan fingerprint density at radius 2 is 0.772 bits per heavy atom. The van der Waals surface area contributed by atoms with Gasteiger partial charge in [0.25, 0.3) is 0 Å². The van der Waals surface area contributed by atoms with Crippen LogP contribution in [0.1, 0.15) is 0 Å². The number of nitrogens with zero attached hydrogens (tertiary/aromatic N) is 3. The van der Waals surface area contributed by atoms with Gasteiger partial charge in [-0.2, -0.15) is 9.97 Å². The molecule has 0 unspecified atom stereocenters. The highest BCUT2D eigenvalue weighted by Crippen LogP contribution is 2.36. The van der Waals surface area contributed by atoms with Crippen LogP contribution in [0.3, 0.4) is 0 Å². The van der Waals surface area contributed by atoms with Crippen molar-refractivity contribution in [2.75, 3.05) is 0 Å². The van der Waals surface area contributed by atoms with Crippen molar-refractivity contribution in [3.63, 3.8) is 0 Å². The molecule has 0 saturated carbocycles. The van der Waals surface area contributed by atoms with Gasteiger partial charge in [0.15, 0.2) is 11.6 Å². The van der Waals surface area contributed by atoms with Gasteiger partial charge in [-0.05, 0) is 72.6 Å². The van der Waals surface area contributed by atoms with Gasteiger partial charge in [-0.25, -0.2) is 4.98 Å². The number of benzene rings is 7. The third-order valence-corrected chi connectivity index (χ3v) is 10.6. The molecule has 236 valence electrons. The molecule has 0 fully saturated rings. The third-order valence-electron chi connectivity index (χ3n) is 10.4. The highest BCUT2D eigenvalue weighted by Gasteiger charge is 2.20. The molecule has 0 N–H and O–H groups in total. The lowest BCUT2D eigenvalue weighted by molar-refractivity contribution is 1.07. The summed E-state index contributed by atoms with van der Waals surface area (Å²) < 4.78 is 0. The summed E-state index contributed by atoms with van der Waals surface area (Å²) in [7, 11) is 75.9. The lowest BCUT2D eigenvalue weighted by atomic mass is 9.59. The van der Waals surface area contributed by atoms with Gasteiger partial charge in [-0.1, -0.05) is 112 Å². The quantitative estimate of drug-likeness (QED) is 0.176. The molecule has 0 atom stereocenters. The second kappa shape index (κ2) is 14.8. The molecular formula is C41H14B12ClN3. The van der Waals surface area contributed by atoms with E-state index in [1.165, 1.54) is 0 Å². The molecule has 0 amide bonds. The maximum atomic E-state index is 6.54. The molecule has 1 heterocycles. The topological polar surface area (TPSA) is 38.7 Å². The molecule has 16 heteroatoms. The van der Waals surface area contributed by atoms with Gasteiger partial charge >= 0.3 is 0 Å². The van der Waals surface area contributed by atoms with Crippen LogP contribution in [0.2, 0.25) is 5.28 Å². The van der Waals surface area contributed by atoms with Crippen molar-refractivity contribution in [3.8, 4) is 56.2 Å². The summed E-state index contributed by atoms with van der Waals surface area (Å²) in [5, 5.41) is 2.63. The Morgan fingerprint density at radius 3 is 1.39 bits per heavy atom. The van der Waals surface area contributed by atoms with E-state index in [4.69, 9.17) is 111 Å². The van der Waals surface area contributed by atoms with Crippen molar-refractivity contribution in [2.45, 2.75) is 0 Å². The summed E-state index contributed by atoms with van der Waals surface area (Å²) >= 11 is 6.52. The Bertz CT molecular complexity index is 2970. The fraction of sp³-hybridized carbons (Fsp3) is 0. The van der Waals surface area contributed by atoms with Crippen LogP contribution in [0.4, 0.5) is 0 Å².